The second-order valence-corrected chi connectivity index (χ2v) is 7.78. The molecular weight excluding hydrogens is 346 g/mol. The molecule has 5 nitrogen and oxygen atoms in total. The molecule has 1 aromatic heterocycles. The van der Waals surface area contributed by atoms with Gasteiger partial charge in [0.1, 0.15) is 6.54 Å². The SMILES string of the molecule is CSc1nc2c(c(=O)n1CC(=O)Nc1c(C)cccc1C(C)C)CCC2. The predicted octanol–water partition coefficient (Wildman–Crippen LogP) is 3.52. The molecule has 0 unspecified atom stereocenters. The first-order valence-corrected chi connectivity index (χ1v) is 10.2. The third-order valence-electron chi connectivity index (χ3n) is 4.83. The second-order valence-electron chi connectivity index (χ2n) is 7.01. The van der Waals surface area contributed by atoms with E-state index in [1.165, 1.54) is 16.3 Å². The fraction of sp³-hybridized carbons (Fsp3) is 0.450. The van der Waals surface area contributed by atoms with Gasteiger partial charge in [0.25, 0.3) is 5.56 Å². The molecule has 0 aliphatic heterocycles. The first kappa shape index (κ1) is 18.7. The highest BCUT2D eigenvalue weighted by Gasteiger charge is 2.22. The van der Waals surface area contributed by atoms with Crippen LogP contribution in [0.25, 0.3) is 0 Å². The van der Waals surface area contributed by atoms with E-state index in [0.717, 1.165) is 47.3 Å². The molecule has 6 heteroatoms. The number of hydrogen-bond acceptors (Lipinski definition) is 4. The van der Waals surface area contributed by atoms with Crippen LogP contribution in [0.3, 0.4) is 0 Å². The van der Waals surface area contributed by atoms with Crippen LogP contribution in [0.15, 0.2) is 28.2 Å². The summed E-state index contributed by atoms with van der Waals surface area (Å²) < 4.78 is 1.51. The summed E-state index contributed by atoms with van der Waals surface area (Å²) in [5.41, 5.74) is 4.57. The molecule has 26 heavy (non-hydrogen) atoms. The maximum absolute atomic E-state index is 12.8. The highest BCUT2D eigenvalue weighted by atomic mass is 32.2. The van der Waals surface area contributed by atoms with Gasteiger partial charge in [-0.05, 0) is 49.5 Å². The third kappa shape index (κ3) is 3.56. The summed E-state index contributed by atoms with van der Waals surface area (Å²) in [5.74, 6) is 0.106. The minimum Gasteiger partial charge on any atom is -0.324 e. The van der Waals surface area contributed by atoms with Crippen molar-refractivity contribution in [3.63, 3.8) is 0 Å². The lowest BCUT2D eigenvalue weighted by atomic mass is 9.98. The first-order valence-electron chi connectivity index (χ1n) is 8.98. The molecule has 1 heterocycles. The summed E-state index contributed by atoms with van der Waals surface area (Å²) in [6.45, 7) is 6.18. The number of carbonyl (C=O) groups excluding carboxylic acids is 1. The number of para-hydroxylation sites is 1. The highest BCUT2D eigenvalue weighted by molar-refractivity contribution is 7.98. The molecule has 1 aromatic carbocycles. The molecule has 0 spiro atoms. The van der Waals surface area contributed by atoms with Gasteiger partial charge in [0.05, 0.1) is 5.69 Å². The molecule has 0 fully saturated rings. The van der Waals surface area contributed by atoms with Crippen molar-refractivity contribution in [3.05, 3.63) is 50.9 Å². The normalized spacial score (nSPS) is 13.1. The summed E-state index contributed by atoms with van der Waals surface area (Å²) >= 11 is 1.41. The van der Waals surface area contributed by atoms with Crippen molar-refractivity contribution in [1.82, 2.24) is 9.55 Å². The molecule has 3 rings (SSSR count). The first-order chi connectivity index (χ1) is 12.4. The number of nitrogens with one attached hydrogen (secondary N) is 1. The van der Waals surface area contributed by atoms with Crippen LogP contribution in [0, 0.1) is 6.92 Å². The summed E-state index contributed by atoms with van der Waals surface area (Å²) in [6, 6.07) is 6.02. The summed E-state index contributed by atoms with van der Waals surface area (Å²) in [5, 5.41) is 3.63. The topological polar surface area (TPSA) is 64.0 Å². The van der Waals surface area contributed by atoms with Crippen LogP contribution >= 0.6 is 11.8 Å². The Bertz CT molecular complexity index is 903. The maximum Gasteiger partial charge on any atom is 0.258 e. The largest absolute Gasteiger partial charge is 0.324 e. The Morgan fingerprint density at radius 1 is 1.35 bits per heavy atom. The van der Waals surface area contributed by atoms with Gasteiger partial charge in [0, 0.05) is 11.3 Å². The quantitative estimate of drug-likeness (QED) is 0.645. The van der Waals surface area contributed by atoms with E-state index in [0.29, 0.717) is 11.1 Å². The van der Waals surface area contributed by atoms with Gasteiger partial charge in [-0.3, -0.25) is 14.2 Å². The molecule has 0 saturated heterocycles. The number of anilines is 1. The zero-order valence-electron chi connectivity index (χ0n) is 15.8. The Labute approximate surface area is 158 Å². The van der Waals surface area contributed by atoms with Crippen molar-refractivity contribution in [1.29, 1.82) is 0 Å². The molecule has 138 valence electrons. The highest BCUT2D eigenvalue weighted by Crippen LogP contribution is 2.27. The number of amides is 1. The number of nitrogens with zero attached hydrogens (tertiary/aromatic N) is 2. The molecule has 1 aliphatic rings. The van der Waals surface area contributed by atoms with Crippen molar-refractivity contribution in [2.75, 3.05) is 11.6 Å². The van der Waals surface area contributed by atoms with E-state index >= 15 is 0 Å². The number of aryl methyl sites for hydroxylation is 2. The van der Waals surface area contributed by atoms with Crippen LogP contribution < -0.4 is 10.9 Å². The van der Waals surface area contributed by atoms with Gasteiger partial charge in [-0.1, -0.05) is 43.8 Å². The van der Waals surface area contributed by atoms with Crippen molar-refractivity contribution in [3.8, 4) is 0 Å². The Kier molecular flexibility index (Phi) is 5.51. The molecule has 1 amide bonds. The summed E-state index contributed by atoms with van der Waals surface area (Å²) in [6.07, 6.45) is 4.46. The van der Waals surface area contributed by atoms with Crippen molar-refractivity contribution >= 4 is 23.4 Å². The summed E-state index contributed by atoms with van der Waals surface area (Å²) in [7, 11) is 0. The minimum atomic E-state index is -0.196. The Hall–Kier alpha value is -2.08. The van der Waals surface area contributed by atoms with Gasteiger partial charge in [0.15, 0.2) is 5.16 Å². The van der Waals surface area contributed by atoms with E-state index < -0.39 is 0 Å². The molecule has 0 atom stereocenters. The molecule has 1 aliphatic carbocycles. The van der Waals surface area contributed by atoms with Crippen LogP contribution in [-0.2, 0) is 24.2 Å². The molecule has 0 radical (unpaired) electrons. The number of fused-ring (bicyclic) bond motifs is 1. The number of aromatic nitrogens is 2. The maximum atomic E-state index is 12.8. The van der Waals surface area contributed by atoms with Gasteiger partial charge in [-0.2, -0.15) is 0 Å². The van der Waals surface area contributed by atoms with Crippen LogP contribution in [0.1, 0.15) is 48.6 Å². The monoisotopic (exact) mass is 371 g/mol. The van der Waals surface area contributed by atoms with E-state index in [9.17, 15) is 9.59 Å². The Morgan fingerprint density at radius 2 is 2.12 bits per heavy atom. The smallest absolute Gasteiger partial charge is 0.258 e. The summed E-state index contributed by atoms with van der Waals surface area (Å²) in [4.78, 5) is 30.1. The van der Waals surface area contributed by atoms with Crippen molar-refractivity contribution in [2.24, 2.45) is 0 Å². The standard InChI is InChI=1S/C20H25N3O2S/c1-12(2)14-8-5-7-13(3)18(14)22-17(24)11-23-19(25)15-9-6-10-16(15)21-20(23)26-4/h5,7-8,12H,6,9-11H2,1-4H3,(H,22,24). The Morgan fingerprint density at radius 3 is 2.81 bits per heavy atom. The van der Waals surface area contributed by atoms with Gasteiger partial charge >= 0.3 is 0 Å². The minimum absolute atomic E-state index is 0.0127. The lowest BCUT2D eigenvalue weighted by molar-refractivity contribution is -0.116. The number of rotatable bonds is 5. The van der Waals surface area contributed by atoms with Gasteiger partial charge in [-0.15, -0.1) is 0 Å². The van der Waals surface area contributed by atoms with Gasteiger partial charge < -0.3 is 5.32 Å². The van der Waals surface area contributed by atoms with Crippen LogP contribution in [0.2, 0.25) is 0 Å². The zero-order valence-corrected chi connectivity index (χ0v) is 16.6. The second kappa shape index (κ2) is 7.66. The van der Waals surface area contributed by atoms with Crippen molar-refractivity contribution in [2.45, 2.75) is 57.7 Å². The third-order valence-corrected chi connectivity index (χ3v) is 5.51. The molecule has 0 saturated carbocycles. The molecule has 1 N–H and O–H groups in total. The lowest BCUT2D eigenvalue weighted by Gasteiger charge is -2.17. The fourth-order valence-electron chi connectivity index (χ4n) is 3.47. The van der Waals surface area contributed by atoms with E-state index in [2.05, 4.69) is 24.1 Å². The van der Waals surface area contributed by atoms with Crippen LogP contribution in [0.5, 0.6) is 0 Å². The fourth-order valence-corrected chi connectivity index (χ4v) is 4.04. The number of thioether (sulfide) groups is 1. The Balaban J connectivity index is 1.90. The number of carbonyl (C=O) groups is 1. The van der Waals surface area contributed by atoms with Crippen molar-refractivity contribution < 1.29 is 4.79 Å². The average Bonchev–Trinajstić information content (AvgIpc) is 3.07. The molecule has 2 aromatic rings. The zero-order chi connectivity index (χ0) is 18.8. The lowest BCUT2D eigenvalue weighted by Crippen LogP contribution is -2.32. The van der Waals surface area contributed by atoms with Gasteiger partial charge in [0.2, 0.25) is 5.91 Å². The predicted molar refractivity (Wildman–Crippen MR) is 106 cm³/mol. The molecule has 0 bridgehead atoms. The van der Waals surface area contributed by atoms with Crippen LogP contribution in [0.4, 0.5) is 5.69 Å². The van der Waals surface area contributed by atoms with E-state index in [1.54, 1.807) is 0 Å². The number of benzene rings is 1. The van der Waals surface area contributed by atoms with E-state index in [4.69, 9.17) is 0 Å². The van der Waals surface area contributed by atoms with Gasteiger partial charge in [-0.25, -0.2) is 4.98 Å². The number of hydrogen-bond donors (Lipinski definition) is 1. The van der Waals surface area contributed by atoms with E-state index in [1.807, 2.05) is 31.4 Å². The van der Waals surface area contributed by atoms with E-state index in [-0.39, 0.29) is 18.0 Å². The average molecular weight is 372 g/mol. The molecular formula is C20H25N3O2S. The van der Waals surface area contributed by atoms with Crippen LogP contribution in [-0.4, -0.2) is 21.7 Å².